The van der Waals surface area contributed by atoms with Crippen LogP contribution in [0.25, 0.3) is 11.3 Å². The van der Waals surface area contributed by atoms with Gasteiger partial charge in [-0.15, -0.1) is 21.5 Å². The van der Waals surface area contributed by atoms with Crippen LogP contribution in [0.15, 0.2) is 35.1 Å². The third-order valence-corrected chi connectivity index (χ3v) is 5.95. The first-order valence-electron chi connectivity index (χ1n) is 8.89. The van der Waals surface area contributed by atoms with Crippen molar-refractivity contribution in [2.24, 2.45) is 0 Å². The highest BCUT2D eigenvalue weighted by atomic mass is 32.2. The molecule has 3 rings (SSSR count). The fraction of sp³-hybridized carbons (Fsp3) is 0.368. The van der Waals surface area contributed by atoms with E-state index >= 15 is 0 Å². The first kappa shape index (κ1) is 20.5. The number of thioether (sulfide) groups is 1. The molecule has 0 aliphatic heterocycles. The molecule has 1 N–H and O–H groups in total. The number of rotatable bonds is 9. The number of hydrogen-bond acceptors (Lipinski definition) is 7. The van der Waals surface area contributed by atoms with Crippen molar-refractivity contribution >= 4 is 34.1 Å². The highest BCUT2D eigenvalue weighted by Gasteiger charge is 2.12. The van der Waals surface area contributed by atoms with Gasteiger partial charge in [0.1, 0.15) is 6.33 Å². The van der Waals surface area contributed by atoms with Gasteiger partial charge in [-0.25, -0.2) is 4.98 Å². The lowest BCUT2D eigenvalue weighted by Gasteiger charge is -2.05. The molecule has 2 aromatic heterocycles. The average molecular weight is 418 g/mol. The molecule has 0 atom stereocenters. The number of anilines is 1. The molecule has 2 heterocycles. The Kier molecular flexibility index (Phi) is 7.18. The number of carbonyl (C=O) groups excluding carboxylic acids is 1. The number of nitrogens with zero attached hydrogens (tertiary/aromatic N) is 4. The van der Waals surface area contributed by atoms with Crippen molar-refractivity contribution in [2.75, 3.05) is 24.8 Å². The molecule has 1 amide bonds. The number of ether oxygens (including phenoxy) is 1. The van der Waals surface area contributed by atoms with Crippen LogP contribution in [-0.2, 0) is 16.1 Å². The summed E-state index contributed by atoms with van der Waals surface area (Å²) in [6.45, 7) is 5.60. The molecule has 0 saturated carbocycles. The highest BCUT2D eigenvalue weighted by Crippen LogP contribution is 2.26. The van der Waals surface area contributed by atoms with Gasteiger partial charge in [0, 0.05) is 31.2 Å². The predicted molar refractivity (Wildman–Crippen MR) is 113 cm³/mol. The number of hydrogen-bond donors (Lipinski definition) is 1. The van der Waals surface area contributed by atoms with Crippen LogP contribution in [-0.4, -0.2) is 45.1 Å². The minimum Gasteiger partial charge on any atom is -0.385 e. The molecule has 0 aliphatic rings. The van der Waals surface area contributed by atoms with Crippen LogP contribution in [0.3, 0.4) is 0 Å². The van der Waals surface area contributed by atoms with Gasteiger partial charge in [0.05, 0.1) is 11.4 Å². The number of aromatic nitrogens is 4. The van der Waals surface area contributed by atoms with Gasteiger partial charge in [0.25, 0.3) is 0 Å². The van der Waals surface area contributed by atoms with Crippen LogP contribution in [0.2, 0.25) is 0 Å². The van der Waals surface area contributed by atoms with Crippen molar-refractivity contribution in [1.82, 2.24) is 19.7 Å². The summed E-state index contributed by atoms with van der Waals surface area (Å²) in [6, 6.07) is 6.25. The Hall–Kier alpha value is -2.23. The molecule has 148 valence electrons. The monoisotopic (exact) mass is 417 g/mol. The number of nitrogens with one attached hydrogen (secondary N) is 1. The lowest BCUT2D eigenvalue weighted by Crippen LogP contribution is -2.14. The minimum atomic E-state index is -0.113. The standard InChI is InChI=1S/C19H23N5O2S2/c1-13-5-6-15(9-14(13)2)16-10-27-18(21-16)22-17(25)11-28-19-23-20-12-24(19)7-4-8-26-3/h5-6,9-10,12H,4,7-8,11H2,1-3H3,(H,21,22,25). The van der Waals surface area contributed by atoms with Crippen LogP contribution in [0.5, 0.6) is 0 Å². The van der Waals surface area contributed by atoms with E-state index in [1.54, 1.807) is 13.4 Å². The topological polar surface area (TPSA) is 81.9 Å². The molecule has 0 spiro atoms. The summed E-state index contributed by atoms with van der Waals surface area (Å²) in [6.07, 6.45) is 2.54. The van der Waals surface area contributed by atoms with E-state index in [2.05, 4.69) is 52.5 Å². The average Bonchev–Trinajstić information content (AvgIpc) is 3.32. The molecule has 9 heteroatoms. The quantitative estimate of drug-likeness (QED) is 0.421. The van der Waals surface area contributed by atoms with Gasteiger partial charge in [-0.2, -0.15) is 0 Å². The summed E-state index contributed by atoms with van der Waals surface area (Å²) in [5.41, 5.74) is 4.40. The van der Waals surface area contributed by atoms with Gasteiger partial charge in [0.2, 0.25) is 5.91 Å². The lowest BCUT2D eigenvalue weighted by molar-refractivity contribution is -0.113. The summed E-state index contributed by atoms with van der Waals surface area (Å²) in [5, 5.41) is 14.1. The van der Waals surface area contributed by atoms with Gasteiger partial charge in [-0.1, -0.05) is 23.9 Å². The molecule has 0 saturated heterocycles. The Labute approximate surface area is 172 Å². The second-order valence-electron chi connectivity index (χ2n) is 6.33. The van der Waals surface area contributed by atoms with E-state index in [4.69, 9.17) is 4.74 Å². The zero-order valence-corrected chi connectivity index (χ0v) is 17.8. The van der Waals surface area contributed by atoms with Crippen molar-refractivity contribution < 1.29 is 9.53 Å². The van der Waals surface area contributed by atoms with Crippen LogP contribution in [0.1, 0.15) is 17.5 Å². The Balaban J connectivity index is 1.54. The molecule has 0 radical (unpaired) electrons. The largest absolute Gasteiger partial charge is 0.385 e. The number of carbonyl (C=O) groups is 1. The Bertz CT molecular complexity index is 938. The zero-order chi connectivity index (χ0) is 19.9. The third kappa shape index (κ3) is 5.40. The van der Waals surface area contributed by atoms with Crippen LogP contribution >= 0.6 is 23.1 Å². The first-order chi connectivity index (χ1) is 13.6. The van der Waals surface area contributed by atoms with E-state index in [-0.39, 0.29) is 11.7 Å². The molecular weight excluding hydrogens is 394 g/mol. The molecule has 7 nitrogen and oxygen atoms in total. The molecular formula is C19H23N5O2S2. The molecule has 1 aromatic carbocycles. The second kappa shape index (κ2) is 9.81. The maximum Gasteiger partial charge on any atom is 0.236 e. The SMILES string of the molecule is COCCCn1cnnc1SCC(=O)Nc1nc(-c2ccc(C)c(C)c2)cs1. The third-order valence-electron chi connectivity index (χ3n) is 4.21. The van der Waals surface area contributed by atoms with Crippen LogP contribution < -0.4 is 5.32 Å². The minimum absolute atomic E-state index is 0.113. The normalized spacial score (nSPS) is 11.0. The van der Waals surface area contributed by atoms with E-state index in [1.165, 1.54) is 34.2 Å². The smallest absolute Gasteiger partial charge is 0.236 e. The predicted octanol–water partition coefficient (Wildman–Crippen LogP) is 3.79. The molecule has 28 heavy (non-hydrogen) atoms. The van der Waals surface area contributed by atoms with Crippen molar-refractivity contribution in [3.8, 4) is 11.3 Å². The second-order valence-corrected chi connectivity index (χ2v) is 8.13. The molecule has 0 fully saturated rings. The Morgan fingerprint density at radius 1 is 1.32 bits per heavy atom. The van der Waals surface area contributed by atoms with Gasteiger partial charge in [0.15, 0.2) is 10.3 Å². The van der Waals surface area contributed by atoms with Gasteiger partial charge in [-0.3, -0.25) is 4.79 Å². The fourth-order valence-electron chi connectivity index (χ4n) is 2.54. The summed E-state index contributed by atoms with van der Waals surface area (Å²) >= 11 is 2.78. The van der Waals surface area contributed by atoms with Gasteiger partial charge < -0.3 is 14.6 Å². The van der Waals surface area contributed by atoms with E-state index in [0.29, 0.717) is 11.7 Å². The summed E-state index contributed by atoms with van der Waals surface area (Å²) < 4.78 is 6.99. The van der Waals surface area contributed by atoms with Crippen molar-refractivity contribution in [1.29, 1.82) is 0 Å². The zero-order valence-electron chi connectivity index (χ0n) is 16.1. The Morgan fingerprint density at radius 3 is 2.96 bits per heavy atom. The molecule has 0 aliphatic carbocycles. The highest BCUT2D eigenvalue weighted by molar-refractivity contribution is 7.99. The summed E-state index contributed by atoms with van der Waals surface area (Å²) in [7, 11) is 1.68. The number of thiazole rings is 1. The maximum atomic E-state index is 12.3. The van der Waals surface area contributed by atoms with Gasteiger partial charge >= 0.3 is 0 Å². The van der Waals surface area contributed by atoms with Crippen LogP contribution in [0.4, 0.5) is 5.13 Å². The Morgan fingerprint density at radius 2 is 2.18 bits per heavy atom. The van der Waals surface area contributed by atoms with E-state index < -0.39 is 0 Å². The molecule has 3 aromatic rings. The summed E-state index contributed by atoms with van der Waals surface area (Å²) in [4.78, 5) is 16.8. The number of methoxy groups -OCH3 is 1. The van der Waals surface area contributed by atoms with E-state index in [9.17, 15) is 4.79 Å². The molecule has 0 unspecified atom stereocenters. The first-order valence-corrected chi connectivity index (χ1v) is 10.8. The lowest BCUT2D eigenvalue weighted by atomic mass is 10.1. The van der Waals surface area contributed by atoms with Gasteiger partial charge in [-0.05, 0) is 37.5 Å². The number of aryl methyl sites for hydroxylation is 3. The van der Waals surface area contributed by atoms with Crippen LogP contribution in [0, 0.1) is 13.8 Å². The number of benzene rings is 1. The van der Waals surface area contributed by atoms with Crippen molar-refractivity contribution in [2.45, 2.75) is 32.0 Å². The van der Waals surface area contributed by atoms with E-state index in [1.807, 2.05) is 9.95 Å². The molecule has 0 bridgehead atoms. The fourth-order valence-corrected chi connectivity index (χ4v) is 4.02. The maximum absolute atomic E-state index is 12.3. The van der Waals surface area contributed by atoms with Crippen molar-refractivity contribution in [3.05, 3.63) is 41.0 Å². The van der Waals surface area contributed by atoms with Crippen molar-refractivity contribution in [3.63, 3.8) is 0 Å². The summed E-state index contributed by atoms with van der Waals surface area (Å²) in [5.74, 6) is 0.138. The van der Waals surface area contributed by atoms with E-state index in [0.717, 1.165) is 29.4 Å². The number of amides is 1.